The quantitative estimate of drug-likeness (QED) is 0.736. The Morgan fingerprint density at radius 1 is 1.57 bits per heavy atom. The molecule has 1 amide bonds. The largest absolute Gasteiger partial charge is 0.393 e. The predicted molar refractivity (Wildman–Crippen MR) is 52.3 cm³/mol. The third kappa shape index (κ3) is 2.96. The molecule has 4 heteroatoms. The maximum absolute atomic E-state index is 11.4. The van der Waals surface area contributed by atoms with Gasteiger partial charge in [0.05, 0.1) is 25.2 Å². The SMILES string of the molecule is CC(O)CCN1OC(C(C)C)CC1=O. The Balaban J connectivity index is 2.37. The van der Waals surface area contributed by atoms with Crippen molar-refractivity contribution in [1.29, 1.82) is 0 Å². The van der Waals surface area contributed by atoms with Gasteiger partial charge in [0.15, 0.2) is 0 Å². The maximum atomic E-state index is 11.4. The van der Waals surface area contributed by atoms with Crippen molar-refractivity contribution >= 4 is 5.91 Å². The fourth-order valence-corrected chi connectivity index (χ4v) is 1.37. The summed E-state index contributed by atoms with van der Waals surface area (Å²) in [6, 6.07) is 0. The van der Waals surface area contributed by atoms with E-state index in [0.717, 1.165) is 0 Å². The van der Waals surface area contributed by atoms with Gasteiger partial charge >= 0.3 is 0 Å². The van der Waals surface area contributed by atoms with Gasteiger partial charge in [0.1, 0.15) is 0 Å². The van der Waals surface area contributed by atoms with Crippen LogP contribution in [0.25, 0.3) is 0 Å². The minimum absolute atomic E-state index is 0.0106. The number of carbonyl (C=O) groups is 1. The van der Waals surface area contributed by atoms with Gasteiger partial charge < -0.3 is 5.11 Å². The molecule has 0 aromatic heterocycles. The summed E-state index contributed by atoms with van der Waals surface area (Å²) in [6.45, 7) is 6.27. The van der Waals surface area contributed by atoms with E-state index in [1.807, 2.05) is 13.8 Å². The lowest BCUT2D eigenvalue weighted by Gasteiger charge is -2.18. The highest BCUT2D eigenvalue weighted by atomic mass is 16.7. The van der Waals surface area contributed by atoms with Crippen molar-refractivity contribution in [3.05, 3.63) is 0 Å². The minimum atomic E-state index is -0.385. The molecule has 0 aromatic carbocycles. The maximum Gasteiger partial charge on any atom is 0.248 e. The van der Waals surface area contributed by atoms with Crippen LogP contribution in [-0.2, 0) is 9.63 Å². The first-order valence-corrected chi connectivity index (χ1v) is 5.16. The molecule has 0 aliphatic carbocycles. The van der Waals surface area contributed by atoms with Gasteiger partial charge in [-0.25, -0.2) is 5.06 Å². The molecule has 14 heavy (non-hydrogen) atoms. The van der Waals surface area contributed by atoms with Crippen LogP contribution >= 0.6 is 0 Å². The Kier molecular flexibility index (Phi) is 3.89. The van der Waals surface area contributed by atoms with Crippen LogP contribution in [0.1, 0.15) is 33.6 Å². The summed E-state index contributed by atoms with van der Waals surface area (Å²) in [7, 11) is 0. The molecule has 0 bridgehead atoms. The second-order valence-corrected chi connectivity index (χ2v) is 4.23. The van der Waals surface area contributed by atoms with Crippen LogP contribution in [0.5, 0.6) is 0 Å². The normalized spacial score (nSPS) is 24.8. The lowest BCUT2D eigenvalue weighted by atomic mass is 10.1. The third-order valence-electron chi connectivity index (χ3n) is 2.41. The van der Waals surface area contributed by atoms with E-state index in [-0.39, 0.29) is 18.1 Å². The zero-order valence-corrected chi connectivity index (χ0v) is 9.06. The number of amides is 1. The van der Waals surface area contributed by atoms with Crippen LogP contribution in [0.2, 0.25) is 0 Å². The van der Waals surface area contributed by atoms with E-state index in [1.54, 1.807) is 6.92 Å². The van der Waals surface area contributed by atoms with Crippen LogP contribution in [0, 0.1) is 5.92 Å². The van der Waals surface area contributed by atoms with Crippen molar-refractivity contribution in [2.24, 2.45) is 5.92 Å². The van der Waals surface area contributed by atoms with Crippen LogP contribution in [0.4, 0.5) is 0 Å². The number of hydrogen-bond donors (Lipinski definition) is 1. The van der Waals surface area contributed by atoms with E-state index in [4.69, 9.17) is 9.94 Å². The molecular weight excluding hydrogens is 182 g/mol. The number of nitrogens with zero attached hydrogens (tertiary/aromatic N) is 1. The summed E-state index contributed by atoms with van der Waals surface area (Å²) in [5.74, 6) is 0.389. The summed E-state index contributed by atoms with van der Waals surface area (Å²) < 4.78 is 0. The van der Waals surface area contributed by atoms with Crippen LogP contribution in [0.3, 0.4) is 0 Å². The zero-order chi connectivity index (χ0) is 10.7. The van der Waals surface area contributed by atoms with Crippen LogP contribution in [-0.4, -0.2) is 34.8 Å². The lowest BCUT2D eigenvalue weighted by Crippen LogP contribution is -2.27. The van der Waals surface area contributed by atoms with Gasteiger partial charge in [-0.3, -0.25) is 9.63 Å². The number of aliphatic hydroxyl groups is 1. The van der Waals surface area contributed by atoms with Crippen molar-refractivity contribution in [3.63, 3.8) is 0 Å². The highest BCUT2D eigenvalue weighted by molar-refractivity contribution is 5.77. The summed E-state index contributed by atoms with van der Waals surface area (Å²) in [4.78, 5) is 16.9. The fraction of sp³-hybridized carbons (Fsp3) is 0.900. The van der Waals surface area contributed by atoms with E-state index in [9.17, 15) is 4.79 Å². The number of rotatable bonds is 4. The predicted octanol–water partition coefficient (Wildman–Crippen LogP) is 0.946. The minimum Gasteiger partial charge on any atom is -0.393 e. The van der Waals surface area contributed by atoms with Gasteiger partial charge in [-0.1, -0.05) is 13.8 Å². The summed E-state index contributed by atoms with van der Waals surface area (Å²) >= 11 is 0. The Bertz CT molecular complexity index is 204. The smallest absolute Gasteiger partial charge is 0.248 e. The van der Waals surface area contributed by atoms with E-state index >= 15 is 0 Å². The summed E-state index contributed by atoms with van der Waals surface area (Å²) in [6.07, 6.45) is 0.662. The molecule has 1 saturated heterocycles. The molecule has 2 atom stereocenters. The highest BCUT2D eigenvalue weighted by Gasteiger charge is 2.32. The average Bonchev–Trinajstić information content (AvgIpc) is 2.43. The van der Waals surface area contributed by atoms with Crippen molar-refractivity contribution in [2.45, 2.75) is 45.8 Å². The monoisotopic (exact) mass is 201 g/mol. The Labute approximate surface area is 84.8 Å². The molecule has 0 saturated carbocycles. The molecule has 2 unspecified atom stereocenters. The van der Waals surface area contributed by atoms with E-state index < -0.39 is 0 Å². The molecule has 1 aliphatic rings. The molecule has 0 aromatic rings. The molecule has 1 aliphatic heterocycles. The molecular formula is C10H19NO3. The van der Waals surface area contributed by atoms with Gasteiger partial charge in [-0.05, 0) is 19.3 Å². The number of aliphatic hydroxyl groups excluding tert-OH is 1. The average molecular weight is 201 g/mol. The van der Waals surface area contributed by atoms with Gasteiger partial charge in [-0.2, -0.15) is 0 Å². The van der Waals surface area contributed by atoms with E-state index in [1.165, 1.54) is 5.06 Å². The molecule has 1 heterocycles. The van der Waals surface area contributed by atoms with E-state index in [2.05, 4.69) is 0 Å². The van der Waals surface area contributed by atoms with Crippen molar-refractivity contribution < 1.29 is 14.7 Å². The first-order chi connectivity index (χ1) is 6.50. The van der Waals surface area contributed by atoms with Gasteiger partial charge in [0.25, 0.3) is 0 Å². The van der Waals surface area contributed by atoms with Crippen LogP contribution in [0.15, 0.2) is 0 Å². The molecule has 1 fully saturated rings. The molecule has 82 valence electrons. The first kappa shape index (κ1) is 11.5. The Morgan fingerprint density at radius 2 is 2.21 bits per heavy atom. The second-order valence-electron chi connectivity index (χ2n) is 4.23. The van der Waals surface area contributed by atoms with Crippen molar-refractivity contribution in [3.8, 4) is 0 Å². The van der Waals surface area contributed by atoms with Crippen LogP contribution < -0.4 is 0 Å². The molecule has 1 N–H and O–H groups in total. The number of carbonyl (C=O) groups excluding carboxylic acids is 1. The summed E-state index contributed by atoms with van der Waals surface area (Å²) in [5, 5.41) is 10.5. The van der Waals surface area contributed by atoms with Gasteiger partial charge in [-0.15, -0.1) is 0 Å². The number of hydroxylamine groups is 2. The topological polar surface area (TPSA) is 49.8 Å². The molecule has 0 radical (unpaired) electrons. The zero-order valence-electron chi connectivity index (χ0n) is 9.06. The second kappa shape index (κ2) is 4.75. The number of hydrogen-bond acceptors (Lipinski definition) is 3. The molecule has 0 spiro atoms. The summed E-state index contributed by atoms with van der Waals surface area (Å²) in [5.41, 5.74) is 0. The third-order valence-corrected chi connectivity index (χ3v) is 2.41. The van der Waals surface area contributed by atoms with Crippen molar-refractivity contribution in [2.75, 3.05) is 6.54 Å². The molecule has 4 nitrogen and oxygen atoms in total. The lowest BCUT2D eigenvalue weighted by molar-refractivity contribution is -0.179. The van der Waals surface area contributed by atoms with Gasteiger partial charge in [0.2, 0.25) is 5.91 Å². The highest BCUT2D eigenvalue weighted by Crippen LogP contribution is 2.21. The van der Waals surface area contributed by atoms with Crippen molar-refractivity contribution in [1.82, 2.24) is 5.06 Å². The van der Waals surface area contributed by atoms with E-state index in [0.29, 0.717) is 25.3 Å². The van der Waals surface area contributed by atoms with Gasteiger partial charge in [0, 0.05) is 0 Å². The fourth-order valence-electron chi connectivity index (χ4n) is 1.37. The standard InChI is InChI=1S/C10H19NO3/c1-7(2)9-6-10(13)11(14-9)5-4-8(3)12/h7-9,12H,4-6H2,1-3H3. The first-order valence-electron chi connectivity index (χ1n) is 5.16. The Hall–Kier alpha value is -0.610. The molecule has 1 rings (SSSR count). The Morgan fingerprint density at radius 3 is 2.64 bits per heavy atom.